The molecule has 4 heteroatoms. The number of phenols is 1. The smallest absolute Gasteiger partial charge is 0.287 e. The van der Waals surface area contributed by atoms with Crippen molar-refractivity contribution in [1.29, 1.82) is 0 Å². The van der Waals surface area contributed by atoms with E-state index in [0.717, 1.165) is 22.0 Å². The van der Waals surface area contributed by atoms with Crippen LogP contribution in [0.1, 0.15) is 19.4 Å². The van der Waals surface area contributed by atoms with Crippen molar-refractivity contribution in [2.24, 2.45) is 0 Å². The van der Waals surface area contributed by atoms with Crippen LogP contribution in [0.3, 0.4) is 0 Å². The van der Waals surface area contributed by atoms with Crippen LogP contribution in [0.25, 0.3) is 11.1 Å². The van der Waals surface area contributed by atoms with Gasteiger partial charge in [-0.1, -0.05) is 48.5 Å². The van der Waals surface area contributed by atoms with E-state index in [-0.39, 0.29) is 5.75 Å². The topological polar surface area (TPSA) is 46.5 Å². The maximum atomic E-state index is 14.2. The van der Waals surface area contributed by atoms with Crippen molar-refractivity contribution in [3.05, 3.63) is 78.4 Å². The Balaban J connectivity index is 1.95. The summed E-state index contributed by atoms with van der Waals surface area (Å²) in [4.78, 5) is 0. The first-order valence-electron chi connectivity index (χ1n) is 8.22. The first-order valence-corrected chi connectivity index (χ1v) is 9.84. The third-order valence-corrected chi connectivity index (χ3v) is 8.14. The lowest BCUT2D eigenvalue weighted by Crippen LogP contribution is -2.31. The van der Waals surface area contributed by atoms with E-state index in [1.807, 2.05) is 74.5 Å². The Labute approximate surface area is 147 Å². The summed E-state index contributed by atoms with van der Waals surface area (Å²) >= 11 is 0. The monoisotopic (exact) mass is 350 g/mol. The molecule has 0 aromatic heterocycles. The zero-order valence-corrected chi connectivity index (χ0v) is 15.0. The molecular weight excluding hydrogens is 331 g/mol. The highest BCUT2D eigenvalue weighted by atomic mass is 31.2. The molecule has 0 saturated carbocycles. The van der Waals surface area contributed by atoms with Crippen LogP contribution in [0.15, 0.2) is 72.8 Å². The number of aromatic hydroxyl groups is 1. The standard InChI is InChI=1S/C21H19O3P/c1-21(2,15-11-13-16(22)14-12-15)25(23)20-10-6-4-8-18(20)17-7-3-5-9-19(17)24-25/h3-14,22H,1-2H3. The van der Waals surface area contributed by atoms with Gasteiger partial charge in [0.1, 0.15) is 11.5 Å². The molecule has 0 aliphatic carbocycles. The van der Waals surface area contributed by atoms with Gasteiger partial charge in [-0.25, -0.2) is 0 Å². The summed E-state index contributed by atoms with van der Waals surface area (Å²) in [6.45, 7) is 3.87. The molecule has 0 bridgehead atoms. The summed E-state index contributed by atoms with van der Waals surface area (Å²) in [5.74, 6) is 0.838. The second-order valence-corrected chi connectivity index (χ2v) is 9.65. The molecule has 1 aliphatic heterocycles. The fourth-order valence-electron chi connectivity index (χ4n) is 3.37. The van der Waals surface area contributed by atoms with Gasteiger partial charge in [-0.15, -0.1) is 0 Å². The van der Waals surface area contributed by atoms with Gasteiger partial charge in [-0.2, -0.15) is 0 Å². The normalized spacial score (nSPS) is 18.8. The number of fused-ring (bicyclic) bond motifs is 3. The average molecular weight is 350 g/mol. The van der Waals surface area contributed by atoms with Crippen LogP contribution in [-0.2, 0) is 9.72 Å². The highest BCUT2D eigenvalue weighted by Gasteiger charge is 2.49. The van der Waals surface area contributed by atoms with Crippen LogP contribution in [0.5, 0.6) is 11.5 Å². The molecule has 0 fully saturated rings. The maximum absolute atomic E-state index is 14.2. The third-order valence-electron chi connectivity index (χ3n) is 4.94. The number of hydrogen-bond acceptors (Lipinski definition) is 3. The van der Waals surface area contributed by atoms with E-state index < -0.39 is 12.5 Å². The minimum absolute atomic E-state index is 0.188. The van der Waals surface area contributed by atoms with Gasteiger partial charge >= 0.3 is 0 Å². The number of rotatable bonds is 2. The first-order chi connectivity index (χ1) is 11.9. The SMILES string of the molecule is CC(C)(c1ccc(O)cc1)P1(=O)Oc2ccccc2-c2ccccc21. The summed E-state index contributed by atoms with van der Waals surface area (Å²) in [5, 5.41) is 9.58. The zero-order valence-electron chi connectivity index (χ0n) is 14.1. The van der Waals surface area contributed by atoms with Crippen LogP contribution in [0.2, 0.25) is 0 Å². The molecule has 25 heavy (non-hydrogen) atoms. The number of para-hydroxylation sites is 1. The lowest BCUT2D eigenvalue weighted by Gasteiger charge is -2.39. The van der Waals surface area contributed by atoms with E-state index in [9.17, 15) is 9.67 Å². The molecule has 3 nitrogen and oxygen atoms in total. The summed E-state index contributed by atoms with van der Waals surface area (Å²) < 4.78 is 20.4. The van der Waals surface area contributed by atoms with Crippen LogP contribution in [0, 0.1) is 0 Å². The average Bonchev–Trinajstić information content (AvgIpc) is 2.62. The highest BCUT2D eigenvalue weighted by molar-refractivity contribution is 7.68. The van der Waals surface area contributed by atoms with Crippen molar-refractivity contribution >= 4 is 12.7 Å². The predicted octanol–water partition coefficient (Wildman–Crippen LogP) is 5.29. The Morgan fingerprint density at radius 3 is 2.16 bits per heavy atom. The molecule has 0 radical (unpaired) electrons. The molecule has 1 atom stereocenters. The third kappa shape index (κ3) is 2.31. The van der Waals surface area contributed by atoms with Gasteiger partial charge in [0.15, 0.2) is 0 Å². The minimum Gasteiger partial charge on any atom is -0.508 e. The Morgan fingerprint density at radius 1 is 0.840 bits per heavy atom. The van der Waals surface area contributed by atoms with E-state index in [1.54, 1.807) is 12.1 Å². The first kappa shape index (κ1) is 16.0. The second-order valence-electron chi connectivity index (χ2n) is 6.76. The van der Waals surface area contributed by atoms with Crippen LogP contribution < -0.4 is 9.83 Å². The molecule has 1 aliphatic rings. The van der Waals surface area contributed by atoms with Crippen molar-refractivity contribution in [3.63, 3.8) is 0 Å². The van der Waals surface area contributed by atoms with E-state index in [2.05, 4.69) is 0 Å². The van der Waals surface area contributed by atoms with E-state index in [4.69, 9.17) is 4.52 Å². The van der Waals surface area contributed by atoms with Crippen molar-refractivity contribution in [2.75, 3.05) is 0 Å². The lowest BCUT2D eigenvalue weighted by molar-refractivity contribution is 0.454. The lowest BCUT2D eigenvalue weighted by atomic mass is 10.0. The summed E-state index contributed by atoms with van der Waals surface area (Å²) in [6.07, 6.45) is 0. The Kier molecular flexibility index (Phi) is 3.52. The van der Waals surface area contributed by atoms with Crippen LogP contribution in [-0.4, -0.2) is 5.11 Å². The molecule has 1 unspecified atom stereocenters. The highest BCUT2D eigenvalue weighted by Crippen LogP contribution is 2.66. The zero-order chi connectivity index (χ0) is 17.7. The van der Waals surface area contributed by atoms with Gasteiger partial charge in [-0.3, -0.25) is 4.57 Å². The van der Waals surface area contributed by atoms with E-state index >= 15 is 0 Å². The predicted molar refractivity (Wildman–Crippen MR) is 101 cm³/mol. The molecule has 3 aromatic carbocycles. The fourth-order valence-corrected chi connectivity index (χ4v) is 6.02. The fraction of sp³-hybridized carbons (Fsp3) is 0.143. The summed E-state index contributed by atoms with van der Waals surface area (Å²) in [6, 6.07) is 22.3. The molecule has 3 aromatic rings. The van der Waals surface area contributed by atoms with Gasteiger partial charge < -0.3 is 9.63 Å². The summed E-state index contributed by atoms with van der Waals surface area (Å²) in [5.41, 5.74) is 2.79. The Bertz CT molecular complexity index is 990. The largest absolute Gasteiger partial charge is 0.508 e. The van der Waals surface area contributed by atoms with E-state index in [0.29, 0.717) is 5.75 Å². The molecule has 0 spiro atoms. The van der Waals surface area contributed by atoms with Gasteiger partial charge in [0.2, 0.25) is 0 Å². The number of benzene rings is 3. The second kappa shape index (κ2) is 5.50. The molecular formula is C21H19O3P. The van der Waals surface area contributed by atoms with Crippen LogP contribution in [0.4, 0.5) is 0 Å². The summed E-state index contributed by atoms with van der Waals surface area (Å²) in [7, 11) is -3.26. The minimum atomic E-state index is -3.26. The number of phenolic OH excluding ortho intramolecular Hbond substituents is 1. The maximum Gasteiger partial charge on any atom is 0.287 e. The quantitative estimate of drug-likeness (QED) is 0.639. The van der Waals surface area contributed by atoms with Gasteiger partial charge in [0.05, 0.1) is 10.5 Å². The Morgan fingerprint density at radius 2 is 1.44 bits per heavy atom. The van der Waals surface area contributed by atoms with Crippen LogP contribution >= 0.6 is 7.37 Å². The van der Waals surface area contributed by atoms with E-state index in [1.165, 1.54) is 0 Å². The van der Waals surface area contributed by atoms with Gasteiger partial charge in [0.25, 0.3) is 7.37 Å². The van der Waals surface area contributed by atoms with Crippen molar-refractivity contribution in [2.45, 2.75) is 19.0 Å². The van der Waals surface area contributed by atoms with Crippen molar-refractivity contribution in [3.8, 4) is 22.6 Å². The van der Waals surface area contributed by atoms with Crippen molar-refractivity contribution in [1.82, 2.24) is 0 Å². The van der Waals surface area contributed by atoms with Gasteiger partial charge in [-0.05, 0) is 49.2 Å². The number of hydrogen-bond donors (Lipinski definition) is 1. The van der Waals surface area contributed by atoms with Gasteiger partial charge in [0, 0.05) is 5.56 Å². The van der Waals surface area contributed by atoms with Crippen molar-refractivity contribution < 1.29 is 14.2 Å². The molecule has 1 heterocycles. The molecule has 126 valence electrons. The Hall–Kier alpha value is -2.51. The molecule has 4 rings (SSSR count). The molecule has 0 saturated heterocycles. The molecule has 1 N–H and O–H groups in total. The molecule has 0 amide bonds.